The van der Waals surface area contributed by atoms with Crippen LogP contribution in [0.25, 0.3) is 11.3 Å². The smallest absolute Gasteiger partial charge is 0.308 e. The van der Waals surface area contributed by atoms with Crippen LogP contribution in [0, 0.1) is 11.7 Å². The highest BCUT2D eigenvalue weighted by Crippen LogP contribution is 2.25. The Morgan fingerprint density at radius 3 is 2.80 bits per heavy atom. The average molecular weight is 345 g/mol. The number of hydrogen-bond donors (Lipinski definition) is 1. The van der Waals surface area contributed by atoms with Crippen molar-refractivity contribution in [2.75, 3.05) is 13.1 Å². The quantitative estimate of drug-likeness (QED) is 0.902. The second-order valence-corrected chi connectivity index (χ2v) is 6.26. The van der Waals surface area contributed by atoms with Crippen molar-refractivity contribution in [2.24, 2.45) is 5.92 Å². The number of nitrogens with zero attached hydrogens (tertiary/aromatic N) is 1. The highest BCUT2D eigenvalue weighted by molar-refractivity contribution is 5.78. The molecule has 1 aliphatic heterocycles. The van der Waals surface area contributed by atoms with Crippen molar-refractivity contribution >= 4 is 11.9 Å². The van der Waals surface area contributed by atoms with Crippen molar-refractivity contribution in [1.29, 1.82) is 0 Å². The molecule has 0 bridgehead atoms. The summed E-state index contributed by atoms with van der Waals surface area (Å²) in [6, 6.07) is 9.80. The molecule has 5 nitrogen and oxygen atoms in total. The molecule has 25 heavy (non-hydrogen) atoms. The van der Waals surface area contributed by atoms with E-state index in [0.717, 1.165) is 0 Å². The fourth-order valence-corrected chi connectivity index (χ4v) is 3.11. The number of rotatable bonds is 5. The van der Waals surface area contributed by atoms with Gasteiger partial charge in [0.05, 0.1) is 11.5 Å². The van der Waals surface area contributed by atoms with E-state index < -0.39 is 11.9 Å². The van der Waals surface area contributed by atoms with Gasteiger partial charge >= 0.3 is 5.97 Å². The van der Waals surface area contributed by atoms with E-state index in [1.54, 1.807) is 35.2 Å². The SMILES string of the molecule is O=C(O)[C@H]1CCCN(C(=O)CCc2ccc(-c3ccccc3F)o2)C1. The first kappa shape index (κ1) is 17.2. The van der Waals surface area contributed by atoms with Gasteiger partial charge in [-0.25, -0.2) is 4.39 Å². The number of piperidine rings is 1. The third-order valence-corrected chi connectivity index (χ3v) is 4.51. The molecule has 1 amide bonds. The van der Waals surface area contributed by atoms with E-state index in [1.807, 2.05) is 0 Å². The van der Waals surface area contributed by atoms with Crippen LogP contribution in [-0.4, -0.2) is 35.0 Å². The summed E-state index contributed by atoms with van der Waals surface area (Å²) in [5, 5.41) is 9.10. The molecule has 0 aliphatic carbocycles. The van der Waals surface area contributed by atoms with Crippen molar-refractivity contribution in [1.82, 2.24) is 4.90 Å². The van der Waals surface area contributed by atoms with Crippen LogP contribution in [0.2, 0.25) is 0 Å². The average Bonchev–Trinajstić information content (AvgIpc) is 3.09. The maximum atomic E-state index is 13.8. The van der Waals surface area contributed by atoms with E-state index in [0.29, 0.717) is 42.9 Å². The number of benzene rings is 1. The zero-order valence-corrected chi connectivity index (χ0v) is 13.8. The number of carboxylic acid groups (broad SMARTS) is 1. The number of halogens is 1. The minimum absolute atomic E-state index is 0.0743. The van der Waals surface area contributed by atoms with Gasteiger partial charge in [0.15, 0.2) is 0 Å². The Balaban J connectivity index is 1.58. The number of likely N-dealkylation sites (tertiary alicyclic amines) is 1. The predicted molar refractivity (Wildman–Crippen MR) is 89.4 cm³/mol. The summed E-state index contributed by atoms with van der Waals surface area (Å²) in [4.78, 5) is 25.0. The van der Waals surface area contributed by atoms with Crippen molar-refractivity contribution < 1.29 is 23.5 Å². The lowest BCUT2D eigenvalue weighted by Crippen LogP contribution is -2.42. The third kappa shape index (κ3) is 4.07. The summed E-state index contributed by atoms with van der Waals surface area (Å²) in [6.45, 7) is 0.869. The van der Waals surface area contributed by atoms with Crippen molar-refractivity contribution in [3.8, 4) is 11.3 Å². The van der Waals surface area contributed by atoms with Gasteiger partial charge in [-0.1, -0.05) is 12.1 Å². The van der Waals surface area contributed by atoms with Gasteiger partial charge in [-0.2, -0.15) is 0 Å². The van der Waals surface area contributed by atoms with Crippen LogP contribution in [0.5, 0.6) is 0 Å². The lowest BCUT2D eigenvalue weighted by molar-refractivity contribution is -0.145. The molecule has 0 saturated carbocycles. The lowest BCUT2D eigenvalue weighted by atomic mass is 9.98. The largest absolute Gasteiger partial charge is 0.481 e. The van der Waals surface area contributed by atoms with E-state index in [4.69, 9.17) is 9.52 Å². The number of furan rings is 1. The van der Waals surface area contributed by atoms with E-state index in [9.17, 15) is 14.0 Å². The molecule has 0 unspecified atom stereocenters. The fourth-order valence-electron chi connectivity index (χ4n) is 3.11. The maximum absolute atomic E-state index is 13.8. The Morgan fingerprint density at radius 1 is 1.24 bits per heavy atom. The van der Waals surface area contributed by atoms with Crippen molar-refractivity contribution in [2.45, 2.75) is 25.7 Å². The summed E-state index contributed by atoms with van der Waals surface area (Å²) in [7, 11) is 0. The molecule has 0 radical (unpaired) electrons. The highest BCUT2D eigenvalue weighted by Gasteiger charge is 2.27. The monoisotopic (exact) mass is 345 g/mol. The van der Waals surface area contributed by atoms with Crippen molar-refractivity contribution in [3.05, 3.63) is 48.0 Å². The number of carboxylic acids is 1. The van der Waals surface area contributed by atoms with E-state index in [1.165, 1.54) is 6.07 Å². The van der Waals surface area contributed by atoms with Crippen LogP contribution in [-0.2, 0) is 16.0 Å². The number of aliphatic carboxylic acids is 1. The van der Waals surface area contributed by atoms with Gasteiger partial charge in [-0.05, 0) is 37.1 Å². The molecule has 3 rings (SSSR count). The van der Waals surface area contributed by atoms with E-state index in [2.05, 4.69) is 0 Å². The van der Waals surface area contributed by atoms with Gasteiger partial charge in [0.1, 0.15) is 17.3 Å². The van der Waals surface area contributed by atoms with Crippen LogP contribution >= 0.6 is 0 Å². The molecule has 2 aromatic rings. The number of carbonyl (C=O) groups excluding carboxylic acids is 1. The Bertz CT molecular complexity index is 770. The van der Waals surface area contributed by atoms with Gasteiger partial charge in [0.25, 0.3) is 0 Å². The molecule has 1 aromatic heterocycles. The van der Waals surface area contributed by atoms with E-state index >= 15 is 0 Å². The summed E-state index contributed by atoms with van der Waals surface area (Å²) < 4.78 is 19.4. The van der Waals surface area contributed by atoms with Gasteiger partial charge < -0.3 is 14.4 Å². The zero-order valence-electron chi connectivity index (χ0n) is 13.8. The standard InChI is InChI=1S/C19H20FNO4/c20-16-6-2-1-5-15(16)17-9-7-14(25-17)8-10-18(22)21-11-3-4-13(12-21)19(23)24/h1-2,5-7,9,13H,3-4,8,10-12H2,(H,23,24)/t13-/m0/s1. The van der Waals surface area contributed by atoms with Crippen LogP contribution in [0.4, 0.5) is 4.39 Å². The summed E-state index contributed by atoms with van der Waals surface area (Å²) in [5.41, 5.74) is 0.389. The number of aryl methyl sites for hydroxylation is 1. The number of amides is 1. The molecule has 1 fully saturated rings. The van der Waals surface area contributed by atoms with E-state index in [-0.39, 0.29) is 24.7 Å². The minimum atomic E-state index is -0.849. The van der Waals surface area contributed by atoms with Crippen LogP contribution in [0.1, 0.15) is 25.0 Å². The Labute approximate surface area is 145 Å². The van der Waals surface area contributed by atoms with Crippen LogP contribution in [0.3, 0.4) is 0 Å². The van der Waals surface area contributed by atoms with Gasteiger partial charge in [0.2, 0.25) is 5.91 Å². The zero-order chi connectivity index (χ0) is 17.8. The molecule has 1 saturated heterocycles. The maximum Gasteiger partial charge on any atom is 0.308 e. The first-order valence-corrected chi connectivity index (χ1v) is 8.39. The Kier molecular flexibility index (Phi) is 5.16. The minimum Gasteiger partial charge on any atom is -0.481 e. The van der Waals surface area contributed by atoms with Gasteiger partial charge in [-0.15, -0.1) is 0 Å². The molecule has 0 spiro atoms. The third-order valence-electron chi connectivity index (χ3n) is 4.51. The second-order valence-electron chi connectivity index (χ2n) is 6.26. The second kappa shape index (κ2) is 7.51. The highest BCUT2D eigenvalue weighted by atomic mass is 19.1. The topological polar surface area (TPSA) is 70.8 Å². The summed E-state index contributed by atoms with van der Waals surface area (Å²) in [5.74, 6) is -0.711. The molecule has 1 aliphatic rings. The fraction of sp³-hybridized carbons (Fsp3) is 0.368. The summed E-state index contributed by atoms with van der Waals surface area (Å²) >= 11 is 0. The normalized spacial score (nSPS) is 17.5. The van der Waals surface area contributed by atoms with Gasteiger partial charge in [0, 0.05) is 25.9 Å². The first-order valence-electron chi connectivity index (χ1n) is 8.39. The molecular formula is C19H20FNO4. The van der Waals surface area contributed by atoms with Crippen molar-refractivity contribution in [3.63, 3.8) is 0 Å². The molecule has 1 N–H and O–H groups in total. The van der Waals surface area contributed by atoms with Crippen LogP contribution in [0.15, 0.2) is 40.8 Å². The number of hydrogen-bond acceptors (Lipinski definition) is 3. The van der Waals surface area contributed by atoms with Crippen LogP contribution < -0.4 is 0 Å². The van der Waals surface area contributed by atoms with Gasteiger partial charge in [-0.3, -0.25) is 9.59 Å². The summed E-state index contributed by atoms with van der Waals surface area (Å²) in [6.07, 6.45) is 1.97. The molecule has 1 aromatic carbocycles. The first-order chi connectivity index (χ1) is 12.0. The molecule has 2 heterocycles. The lowest BCUT2D eigenvalue weighted by Gasteiger charge is -2.30. The Hall–Kier alpha value is -2.63. The Morgan fingerprint density at radius 2 is 2.04 bits per heavy atom. The number of carbonyl (C=O) groups is 2. The molecule has 1 atom stereocenters. The molecular weight excluding hydrogens is 325 g/mol. The predicted octanol–water partition coefficient (Wildman–Crippen LogP) is 3.34. The molecule has 6 heteroatoms. The molecule has 132 valence electrons.